The van der Waals surface area contributed by atoms with E-state index in [0.717, 1.165) is 34.1 Å². The van der Waals surface area contributed by atoms with Crippen LogP contribution < -0.4 is 0 Å². The maximum Gasteiger partial charge on any atom is 0.266 e. The Kier molecular flexibility index (Phi) is 7.11. The van der Waals surface area contributed by atoms with Gasteiger partial charge in [0.2, 0.25) is 0 Å². The molecule has 1 amide bonds. The van der Waals surface area contributed by atoms with Crippen LogP contribution in [0.5, 0.6) is 0 Å². The number of hydrogen-bond acceptors (Lipinski definition) is 3. The average molecular weight is 532 g/mol. The number of halogens is 1. The Bertz CT molecular complexity index is 1680. The number of carbonyl (C=O) groups is 1. The molecule has 1 saturated heterocycles. The van der Waals surface area contributed by atoms with Crippen molar-refractivity contribution >= 4 is 45.5 Å². The molecule has 6 rings (SSSR count). The molecule has 1 fully saturated rings. The van der Waals surface area contributed by atoms with Crippen LogP contribution in [-0.4, -0.2) is 27.1 Å². The molecule has 2 heterocycles. The van der Waals surface area contributed by atoms with Gasteiger partial charge in [0.05, 0.1) is 10.6 Å². The number of rotatable bonds is 7. The first-order chi connectivity index (χ1) is 19.1. The molecule has 1 aromatic heterocycles. The standard InChI is InChI=1S/C33H26FN3OS/c34-27-17-15-25(16-18-27)22-36-23-26(29-13-7-8-14-30(29)36)21-31-32(38)37(20-19-24-9-3-1-4-10-24)33(39-31)35-28-11-5-2-6-12-28/h1-18,21,23H,19-20,22H2/b31-21+,35-33?. The number of para-hydroxylation sites is 2. The third-order valence-corrected chi connectivity index (χ3v) is 7.71. The zero-order chi connectivity index (χ0) is 26.6. The van der Waals surface area contributed by atoms with Gasteiger partial charge in [-0.2, -0.15) is 0 Å². The predicted molar refractivity (Wildman–Crippen MR) is 158 cm³/mol. The number of carbonyl (C=O) groups excluding carboxylic acids is 1. The SMILES string of the molecule is O=C1/C(=C\c2cn(Cc3ccc(F)cc3)c3ccccc23)SC(=Nc2ccccc2)N1CCc1ccccc1. The highest BCUT2D eigenvalue weighted by Gasteiger charge is 2.33. The van der Waals surface area contributed by atoms with Crippen molar-refractivity contribution in [2.24, 2.45) is 4.99 Å². The number of nitrogens with zero attached hydrogens (tertiary/aromatic N) is 3. The minimum Gasteiger partial charge on any atom is -0.342 e. The molecule has 0 saturated carbocycles. The van der Waals surface area contributed by atoms with Crippen molar-refractivity contribution in [2.45, 2.75) is 13.0 Å². The van der Waals surface area contributed by atoms with Crippen molar-refractivity contribution in [2.75, 3.05) is 6.54 Å². The quantitative estimate of drug-likeness (QED) is 0.202. The van der Waals surface area contributed by atoms with Crippen LogP contribution in [0.2, 0.25) is 0 Å². The molecule has 0 radical (unpaired) electrons. The highest BCUT2D eigenvalue weighted by atomic mass is 32.2. The number of thioether (sulfide) groups is 1. The van der Waals surface area contributed by atoms with E-state index < -0.39 is 0 Å². The second-order valence-corrected chi connectivity index (χ2v) is 10.4. The average Bonchev–Trinajstić information content (AvgIpc) is 3.46. The second kappa shape index (κ2) is 11.1. The zero-order valence-electron chi connectivity index (χ0n) is 21.2. The topological polar surface area (TPSA) is 37.6 Å². The Morgan fingerprint density at radius 2 is 1.49 bits per heavy atom. The minimum atomic E-state index is -0.247. The van der Waals surface area contributed by atoms with Crippen LogP contribution in [-0.2, 0) is 17.8 Å². The Morgan fingerprint density at radius 1 is 0.795 bits per heavy atom. The highest BCUT2D eigenvalue weighted by Crippen LogP contribution is 2.36. The fraction of sp³-hybridized carbons (Fsp3) is 0.0909. The van der Waals surface area contributed by atoms with Crippen molar-refractivity contribution < 1.29 is 9.18 Å². The molecule has 4 nitrogen and oxygen atoms in total. The second-order valence-electron chi connectivity index (χ2n) is 9.39. The van der Waals surface area contributed by atoms with Crippen molar-refractivity contribution in [1.29, 1.82) is 0 Å². The Hall–Kier alpha value is -4.42. The summed E-state index contributed by atoms with van der Waals surface area (Å²) in [5.74, 6) is -0.288. The van der Waals surface area contributed by atoms with Crippen LogP contribution >= 0.6 is 11.8 Å². The van der Waals surface area contributed by atoms with Gasteiger partial charge in [-0.3, -0.25) is 9.69 Å². The van der Waals surface area contributed by atoms with Crippen LogP contribution in [0.15, 0.2) is 125 Å². The summed E-state index contributed by atoms with van der Waals surface area (Å²) in [6.45, 7) is 1.15. The predicted octanol–water partition coefficient (Wildman–Crippen LogP) is 7.68. The molecule has 4 aromatic carbocycles. The summed E-state index contributed by atoms with van der Waals surface area (Å²) < 4.78 is 15.6. The van der Waals surface area contributed by atoms with Gasteiger partial charge in [-0.05, 0) is 65.7 Å². The van der Waals surface area contributed by atoms with Gasteiger partial charge in [-0.25, -0.2) is 9.38 Å². The van der Waals surface area contributed by atoms with Crippen molar-refractivity contribution in [3.05, 3.63) is 143 Å². The first-order valence-corrected chi connectivity index (χ1v) is 13.7. The molecule has 192 valence electrons. The third kappa shape index (κ3) is 5.56. The molecular formula is C33H26FN3OS. The van der Waals surface area contributed by atoms with Gasteiger partial charge in [-0.1, -0.05) is 78.9 Å². The van der Waals surface area contributed by atoms with E-state index in [1.165, 1.54) is 29.5 Å². The number of hydrogen-bond donors (Lipinski definition) is 0. The Balaban J connectivity index is 1.34. The van der Waals surface area contributed by atoms with Crippen molar-refractivity contribution in [1.82, 2.24) is 9.47 Å². The maximum atomic E-state index is 13.7. The first kappa shape index (κ1) is 24.9. The normalized spacial score (nSPS) is 15.6. The lowest BCUT2D eigenvalue weighted by Gasteiger charge is -2.15. The molecule has 6 heteroatoms. The van der Waals surface area contributed by atoms with Crippen molar-refractivity contribution in [3.8, 4) is 0 Å². The monoisotopic (exact) mass is 531 g/mol. The van der Waals surface area contributed by atoms with E-state index in [1.807, 2.05) is 66.7 Å². The van der Waals surface area contributed by atoms with Gasteiger partial charge in [0, 0.05) is 35.8 Å². The Labute approximate surface area is 231 Å². The minimum absolute atomic E-state index is 0.0408. The smallest absolute Gasteiger partial charge is 0.266 e. The van der Waals surface area contributed by atoms with E-state index in [0.29, 0.717) is 23.2 Å². The molecule has 0 atom stereocenters. The first-order valence-electron chi connectivity index (χ1n) is 12.9. The highest BCUT2D eigenvalue weighted by molar-refractivity contribution is 8.18. The van der Waals surface area contributed by atoms with E-state index in [1.54, 1.807) is 17.0 Å². The Morgan fingerprint density at radius 3 is 2.26 bits per heavy atom. The van der Waals surface area contributed by atoms with Crippen LogP contribution in [0.3, 0.4) is 0 Å². The molecule has 0 unspecified atom stereocenters. The molecular weight excluding hydrogens is 505 g/mol. The summed E-state index contributed by atoms with van der Waals surface area (Å²) in [6.07, 6.45) is 4.78. The van der Waals surface area contributed by atoms with Gasteiger partial charge in [0.1, 0.15) is 5.82 Å². The van der Waals surface area contributed by atoms with Gasteiger partial charge in [0.15, 0.2) is 5.17 Å². The summed E-state index contributed by atoms with van der Waals surface area (Å²) in [5.41, 5.74) is 5.02. The largest absolute Gasteiger partial charge is 0.342 e. The van der Waals surface area contributed by atoms with Crippen LogP contribution in [0, 0.1) is 5.82 Å². The van der Waals surface area contributed by atoms with Gasteiger partial charge in [0.25, 0.3) is 5.91 Å². The maximum absolute atomic E-state index is 13.7. The lowest BCUT2D eigenvalue weighted by atomic mass is 10.1. The molecule has 1 aliphatic rings. The molecule has 0 bridgehead atoms. The summed E-state index contributed by atoms with van der Waals surface area (Å²) >= 11 is 1.41. The number of aromatic nitrogens is 1. The number of amides is 1. The zero-order valence-corrected chi connectivity index (χ0v) is 22.0. The summed E-state index contributed by atoms with van der Waals surface area (Å²) in [7, 11) is 0. The number of aliphatic imine (C=N–C) groups is 1. The molecule has 1 aliphatic heterocycles. The lowest BCUT2D eigenvalue weighted by molar-refractivity contribution is -0.122. The summed E-state index contributed by atoms with van der Waals surface area (Å²) in [5, 5.41) is 1.74. The van der Waals surface area contributed by atoms with Crippen molar-refractivity contribution in [3.63, 3.8) is 0 Å². The molecule has 5 aromatic rings. The van der Waals surface area contributed by atoms with Crippen LogP contribution in [0.25, 0.3) is 17.0 Å². The van der Waals surface area contributed by atoms with E-state index in [9.17, 15) is 9.18 Å². The van der Waals surface area contributed by atoms with Gasteiger partial charge in [-0.15, -0.1) is 0 Å². The number of fused-ring (bicyclic) bond motifs is 1. The van der Waals surface area contributed by atoms with Crippen LogP contribution in [0.1, 0.15) is 16.7 Å². The third-order valence-electron chi connectivity index (χ3n) is 6.71. The van der Waals surface area contributed by atoms with E-state index in [-0.39, 0.29) is 11.7 Å². The molecule has 0 aliphatic carbocycles. The fourth-order valence-electron chi connectivity index (χ4n) is 4.74. The van der Waals surface area contributed by atoms with Crippen LogP contribution in [0.4, 0.5) is 10.1 Å². The van der Waals surface area contributed by atoms with E-state index in [2.05, 4.69) is 35.0 Å². The summed E-state index contributed by atoms with van der Waals surface area (Å²) in [4.78, 5) is 21.0. The molecule has 0 spiro atoms. The van der Waals surface area contributed by atoms with Gasteiger partial charge < -0.3 is 4.57 Å². The number of amidine groups is 1. The molecule has 39 heavy (non-hydrogen) atoms. The number of benzene rings is 4. The fourth-order valence-corrected chi connectivity index (χ4v) is 5.75. The van der Waals surface area contributed by atoms with E-state index in [4.69, 9.17) is 4.99 Å². The van der Waals surface area contributed by atoms with Gasteiger partial charge >= 0.3 is 0 Å². The molecule has 0 N–H and O–H groups in total. The lowest BCUT2D eigenvalue weighted by Crippen LogP contribution is -2.31. The summed E-state index contributed by atoms with van der Waals surface area (Å²) in [6, 6.07) is 34.6. The van der Waals surface area contributed by atoms with E-state index >= 15 is 0 Å².